The van der Waals surface area contributed by atoms with Crippen LogP contribution in [0.1, 0.15) is 30.7 Å². The molecule has 172 valence electrons. The number of para-hydroxylation sites is 2. The first kappa shape index (κ1) is 21.5. The van der Waals surface area contributed by atoms with Crippen LogP contribution >= 0.6 is 0 Å². The monoisotopic (exact) mass is 454 g/mol. The van der Waals surface area contributed by atoms with E-state index in [0.717, 1.165) is 49.4 Å². The summed E-state index contributed by atoms with van der Waals surface area (Å²) in [5.41, 5.74) is 3.62. The molecule has 1 aromatic heterocycles. The Morgan fingerprint density at radius 2 is 1.79 bits per heavy atom. The lowest BCUT2D eigenvalue weighted by molar-refractivity contribution is -0.163. The van der Waals surface area contributed by atoms with Crippen LogP contribution in [0.2, 0.25) is 0 Å². The number of ether oxygens (including phenoxy) is 1. The molecule has 0 radical (unpaired) electrons. The van der Waals surface area contributed by atoms with Crippen LogP contribution in [0, 0.1) is 5.41 Å². The molecule has 0 atom stereocenters. The fourth-order valence-corrected chi connectivity index (χ4v) is 4.61. The fraction of sp³-hybridized carbons (Fsp3) is 0.375. The molecule has 2 aromatic carbocycles. The second kappa shape index (κ2) is 8.55. The average molecular weight is 454 g/mol. The molecule has 2 fully saturated rings. The first-order valence-electron chi connectivity index (χ1n) is 10.8. The molecule has 2 aliphatic rings. The first-order valence-corrected chi connectivity index (χ1v) is 10.8. The maximum Gasteiger partial charge on any atom is 0.314 e. The standard InChI is InChI=1S/C24H24F2N4O3/c1-29(18-10-24(11-18)13-32-14-24)19-4-2-3-5-20(19)30(15-31)12-16-6-8-17(9-7-16)22-27-28-23(33-22)21(25)26/h2-9,15,18,21H,10-14H2,1H3. The summed E-state index contributed by atoms with van der Waals surface area (Å²) in [6.45, 7) is 2.06. The third-order valence-corrected chi connectivity index (χ3v) is 6.58. The van der Waals surface area contributed by atoms with Crippen LogP contribution in [-0.4, -0.2) is 42.9 Å². The van der Waals surface area contributed by atoms with Crippen molar-refractivity contribution in [2.45, 2.75) is 31.9 Å². The molecular formula is C24H24F2N4O3. The second-order valence-electron chi connectivity index (χ2n) is 8.83. The van der Waals surface area contributed by atoms with Gasteiger partial charge in [-0.2, -0.15) is 8.78 Å². The normalized spacial score (nSPS) is 17.0. The van der Waals surface area contributed by atoms with Gasteiger partial charge in [0.05, 0.1) is 31.1 Å². The summed E-state index contributed by atoms with van der Waals surface area (Å²) < 4.78 is 35.8. The van der Waals surface area contributed by atoms with Gasteiger partial charge in [0.1, 0.15) is 0 Å². The average Bonchev–Trinajstić information content (AvgIpc) is 3.27. The van der Waals surface area contributed by atoms with Gasteiger partial charge in [-0.1, -0.05) is 24.3 Å². The summed E-state index contributed by atoms with van der Waals surface area (Å²) in [4.78, 5) is 16.0. The van der Waals surface area contributed by atoms with Crippen molar-refractivity contribution in [1.29, 1.82) is 0 Å². The van der Waals surface area contributed by atoms with Crippen LogP contribution in [-0.2, 0) is 16.1 Å². The highest BCUT2D eigenvalue weighted by Crippen LogP contribution is 2.50. The highest BCUT2D eigenvalue weighted by molar-refractivity contribution is 5.84. The molecule has 1 spiro atoms. The summed E-state index contributed by atoms with van der Waals surface area (Å²) >= 11 is 0. The SMILES string of the molecule is CN(c1ccccc1N(C=O)Cc1ccc(-c2nnc(C(F)F)o2)cc1)C1CC2(COC2)C1. The second-order valence-corrected chi connectivity index (χ2v) is 8.83. The summed E-state index contributed by atoms with van der Waals surface area (Å²) in [7, 11) is 2.08. The van der Waals surface area contributed by atoms with Gasteiger partial charge in [0, 0.05) is 24.1 Å². The van der Waals surface area contributed by atoms with Crippen molar-refractivity contribution in [3.8, 4) is 11.5 Å². The number of anilines is 2. The minimum Gasteiger partial charge on any atom is -0.415 e. The van der Waals surface area contributed by atoms with E-state index in [1.807, 2.05) is 36.4 Å². The van der Waals surface area contributed by atoms with Gasteiger partial charge in [-0.15, -0.1) is 10.2 Å². The Morgan fingerprint density at radius 3 is 2.36 bits per heavy atom. The molecule has 0 unspecified atom stereocenters. The smallest absolute Gasteiger partial charge is 0.314 e. The summed E-state index contributed by atoms with van der Waals surface area (Å²) in [5, 5.41) is 7.02. The van der Waals surface area contributed by atoms with E-state index in [-0.39, 0.29) is 5.89 Å². The fourth-order valence-electron chi connectivity index (χ4n) is 4.61. The van der Waals surface area contributed by atoms with Gasteiger partial charge >= 0.3 is 6.43 Å². The summed E-state index contributed by atoms with van der Waals surface area (Å²) in [6, 6.07) is 15.4. The number of aromatic nitrogens is 2. The van der Waals surface area contributed by atoms with Gasteiger partial charge in [0.15, 0.2) is 0 Å². The maximum absolute atomic E-state index is 12.7. The molecule has 0 bridgehead atoms. The lowest BCUT2D eigenvalue weighted by atomic mass is 9.63. The Bertz CT molecular complexity index is 1120. The first-order chi connectivity index (χ1) is 16.0. The van der Waals surface area contributed by atoms with Crippen LogP contribution in [0.4, 0.5) is 20.2 Å². The van der Waals surface area contributed by atoms with Crippen molar-refractivity contribution >= 4 is 17.8 Å². The number of alkyl halides is 2. The molecule has 1 saturated carbocycles. The number of carbonyl (C=O) groups excluding carboxylic acids is 1. The van der Waals surface area contributed by atoms with Crippen molar-refractivity contribution in [2.24, 2.45) is 5.41 Å². The van der Waals surface area contributed by atoms with E-state index in [1.165, 1.54) is 0 Å². The zero-order valence-electron chi connectivity index (χ0n) is 18.2. The van der Waals surface area contributed by atoms with E-state index >= 15 is 0 Å². The minimum absolute atomic E-state index is 0.0335. The Labute approximate surface area is 190 Å². The molecule has 33 heavy (non-hydrogen) atoms. The molecular weight excluding hydrogens is 430 g/mol. The molecule has 1 amide bonds. The van der Waals surface area contributed by atoms with E-state index in [1.54, 1.807) is 17.0 Å². The number of halogens is 2. The number of hydrogen-bond acceptors (Lipinski definition) is 6. The Kier molecular flexibility index (Phi) is 5.57. The molecule has 1 aliphatic heterocycles. The molecule has 9 heteroatoms. The van der Waals surface area contributed by atoms with Crippen LogP contribution < -0.4 is 9.80 Å². The Balaban J connectivity index is 1.31. The third-order valence-electron chi connectivity index (χ3n) is 6.58. The highest BCUT2D eigenvalue weighted by Gasteiger charge is 2.51. The molecule has 1 aliphatic carbocycles. The van der Waals surface area contributed by atoms with Gasteiger partial charge < -0.3 is 19.0 Å². The molecule has 3 aromatic rings. The number of rotatable bonds is 8. The topological polar surface area (TPSA) is 71.7 Å². The van der Waals surface area contributed by atoms with Crippen molar-refractivity contribution in [1.82, 2.24) is 10.2 Å². The lowest BCUT2D eigenvalue weighted by Gasteiger charge is -2.56. The Morgan fingerprint density at radius 1 is 1.09 bits per heavy atom. The lowest BCUT2D eigenvalue weighted by Crippen LogP contribution is -2.59. The van der Waals surface area contributed by atoms with Crippen LogP contribution in [0.5, 0.6) is 0 Å². The number of nitrogens with zero attached hydrogens (tertiary/aromatic N) is 4. The summed E-state index contributed by atoms with van der Waals surface area (Å²) in [6.07, 6.45) is 0.222. The molecule has 1 saturated heterocycles. The molecule has 5 rings (SSSR count). The van der Waals surface area contributed by atoms with E-state index in [0.29, 0.717) is 23.6 Å². The van der Waals surface area contributed by atoms with E-state index in [9.17, 15) is 13.6 Å². The van der Waals surface area contributed by atoms with E-state index in [4.69, 9.17) is 9.15 Å². The number of amides is 1. The quantitative estimate of drug-likeness (QED) is 0.468. The third kappa shape index (κ3) is 4.08. The van der Waals surface area contributed by atoms with E-state index in [2.05, 4.69) is 22.1 Å². The van der Waals surface area contributed by atoms with E-state index < -0.39 is 12.3 Å². The zero-order chi connectivity index (χ0) is 23.0. The van der Waals surface area contributed by atoms with Crippen LogP contribution in [0.3, 0.4) is 0 Å². The van der Waals surface area contributed by atoms with Crippen molar-refractivity contribution in [3.05, 3.63) is 60.0 Å². The molecule has 2 heterocycles. The minimum atomic E-state index is -2.81. The largest absolute Gasteiger partial charge is 0.415 e. The number of carbonyl (C=O) groups is 1. The Hall–Kier alpha value is -3.33. The zero-order valence-corrected chi connectivity index (χ0v) is 18.2. The molecule has 7 nitrogen and oxygen atoms in total. The van der Waals surface area contributed by atoms with Gasteiger partial charge in [0.2, 0.25) is 12.3 Å². The van der Waals surface area contributed by atoms with Crippen LogP contribution in [0.25, 0.3) is 11.5 Å². The predicted octanol–water partition coefficient (Wildman–Crippen LogP) is 4.45. The highest BCUT2D eigenvalue weighted by atomic mass is 19.3. The van der Waals surface area contributed by atoms with Gasteiger partial charge in [-0.3, -0.25) is 4.79 Å². The van der Waals surface area contributed by atoms with Crippen molar-refractivity contribution < 1.29 is 22.7 Å². The molecule has 0 N–H and O–H groups in total. The number of benzene rings is 2. The number of hydrogen-bond donors (Lipinski definition) is 0. The van der Waals surface area contributed by atoms with Crippen molar-refractivity contribution in [3.63, 3.8) is 0 Å². The maximum atomic E-state index is 12.7. The van der Waals surface area contributed by atoms with Gasteiger partial charge in [0.25, 0.3) is 5.89 Å². The van der Waals surface area contributed by atoms with Gasteiger partial charge in [-0.25, -0.2) is 0 Å². The summed E-state index contributed by atoms with van der Waals surface area (Å²) in [5.74, 6) is -0.671. The van der Waals surface area contributed by atoms with Crippen molar-refractivity contribution in [2.75, 3.05) is 30.1 Å². The van der Waals surface area contributed by atoms with Crippen LogP contribution in [0.15, 0.2) is 52.9 Å². The predicted molar refractivity (Wildman–Crippen MR) is 118 cm³/mol. The van der Waals surface area contributed by atoms with Gasteiger partial charge in [-0.05, 0) is 42.7 Å².